The fourth-order valence-corrected chi connectivity index (χ4v) is 4.27. The Balaban J connectivity index is 1.71. The molecule has 1 saturated carbocycles. The summed E-state index contributed by atoms with van der Waals surface area (Å²) >= 11 is 1.52. The lowest BCUT2D eigenvalue weighted by Gasteiger charge is -2.36. The van der Waals surface area contributed by atoms with E-state index in [1.54, 1.807) is 6.07 Å². The third kappa shape index (κ3) is 3.25. The first-order valence-electron chi connectivity index (χ1n) is 8.55. The number of urea groups is 1. The quantitative estimate of drug-likeness (QED) is 0.638. The summed E-state index contributed by atoms with van der Waals surface area (Å²) < 4.78 is 0. The number of anilines is 1. The van der Waals surface area contributed by atoms with Crippen LogP contribution in [0.3, 0.4) is 0 Å². The molecule has 1 aliphatic carbocycles. The van der Waals surface area contributed by atoms with E-state index in [4.69, 9.17) is 0 Å². The van der Waals surface area contributed by atoms with Crippen molar-refractivity contribution in [2.24, 2.45) is 5.92 Å². The number of amides is 4. The van der Waals surface area contributed by atoms with E-state index in [9.17, 15) is 14.4 Å². The molecule has 0 bridgehead atoms. The SMILES string of the molecule is CSc1ccccc1NC(=O)CN1C(=O)N[C@@]2(CCCC[C@H]2C)C1=O. The second-order valence-corrected chi connectivity index (χ2v) is 7.54. The van der Waals surface area contributed by atoms with Gasteiger partial charge in [-0.2, -0.15) is 0 Å². The molecular weight excluding hydrogens is 338 g/mol. The number of benzene rings is 1. The van der Waals surface area contributed by atoms with Crippen molar-refractivity contribution in [1.82, 2.24) is 10.2 Å². The predicted molar refractivity (Wildman–Crippen MR) is 97.5 cm³/mol. The molecular formula is C18H23N3O3S. The van der Waals surface area contributed by atoms with E-state index >= 15 is 0 Å². The van der Waals surface area contributed by atoms with Crippen molar-refractivity contribution in [3.8, 4) is 0 Å². The van der Waals surface area contributed by atoms with E-state index in [1.807, 2.05) is 31.4 Å². The van der Waals surface area contributed by atoms with Crippen LogP contribution in [0.1, 0.15) is 32.6 Å². The Morgan fingerprint density at radius 2 is 2.12 bits per heavy atom. The zero-order valence-corrected chi connectivity index (χ0v) is 15.3. The van der Waals surface area contributed by atoms with Gasteiger partial charge in [-0.3, -0.25) is 14.5 Å². The monoisotopic (exact) mass is 361 g/mol. The standard InChI is InChI=1S/C18H23N3O3S/c1-12-7-5-6-10-18(12)16(23)21(17(24)20-18)11-15(22)19-13-8-3-4-9-14(13)25-2/h3-4,8-9,12H,5-7,10-11H2,1-2H3,(H,19,22)(H,20,24)/t12-,18-/m1/s1. The Morgan fingerprint density at radius 3 is 2.84 bits per heavy atom. The van der Waals surface area contributed by atoms with Gasteiger partial charge in [0.15, 0.2) is 0 Å². The van der Waals surface area contributed by atoms with Gasteiger partial charge in [0.05, 0.1) is 5.69 Å². The number of nitrogens with one attached hydrogen (secondary N) is 2. The van der Waals surface area contributed by atoms with E-state index < -0.39 is 11.6 Å². The number of para-hydroxylation sites is 1. The maximum Gasteiger partial charge on any atom is 0.325 e. The second kappa shape index (κ2) is 7.07. The molecule has 4 amide bonds. The van der Waals surface area contributed by atoms with Gasteiger partial charge < -0.3 is 10.6 Å². The molecule has 1 heterocycles. The minimum Gasteiger partial charge on any atom is -0.324 e. The summed E-state index contributed by atoms with van der Waals surface area (Å²) in [7, 11) is 0. The molecule has 2 atom stereocenters. The van der Waals surface area contributed by atoms with Gasteiger partial charge in [-0.05, 0) is 37.1 Å². The number of hydrogen-bond donors (Lipinski definition) is 2. The molecule has 0 unspecified atom stereocenters. The lowest BCUT2D eigenvalue weighted by Crippen LogP contribution is -2.54. The number of carbonyl (C=O) groups excluding carboxylic acids is 3. The lowest BCUT2D eigenvalue weighted by molar-refractivity contribution is -0.136. The third-order valence-corrected chi connectivity index (χ3v) is 5.98. The maximum atomic E-state index is 12.9. The molecule has 2 N–H and O–H groups in total. The molecule has 7 heteroatoms. The van der Waals surface area contributed by atoms with E-state index in [0.717, 1.165) is 29.1 Å². The largest absolute Gasteiger partial charge is 0.325 e. The summed E-state index contributed by atoms with van der Waals surface area (Å²) in [6.07, 6.45) is 5.46. The van der Waals surface area contributed by atoms with Crippen LogP contribution in [0.5, 0.6) is 0 Å². The first kappa shape index (κ1) is 17.8. The number of hydrogen-bond acceptors (Lipinski definition) is 4. The lowest BCUT2D eigenvalue weighted by atomic mass is 9.73. The number of thioether (sulfide) groups is 1. The highest BCUT2D eigenvalue weighted by Crippen LogP contribution is 2.38. The summed E-state index contributed by atoms with van der Waals surface area (Å²) in [6.45, 7) is 1.73. The fourth-order valence-electron chi connectivity index (χ4n) is 3.72. The highest BCUT2D eigenvalue weighted by atomic mass is 32.2. The summed E-state index contributed by atoms with van der Waals surface area (Å²) in [5.41, 5.74) is -0.139. The molecule has 0 radical (unpaired) electrons. The molecule has 6 nitrogen and oxygen atoms in total. The van der Waals surface area contributed by atoms with Crippen molar-refractivity contribution in [3.63, 3.8) is 0 Å². The van der Waals surface area contributed by atoms with Crippen LogP contribution in [-0.2, 0) is 9.59 Å². The van der Waals surface area contributed by atoms with E-state index in [2.05, 4.69) is 10.6 Å². The van der Waals surface area contributed by atoms with E-state index in [-0.39, 0.29) is 24.3 Å². The fraction of sp³-hybridized carbons (Fsp3) is 0.500. The van der Waals surface area contributed by atoms with Crippen LogP contribution in [0, 0.1) is 5.92 Å². The first-order chi connectivity index (χ1) is 12.0. The third-order valence-electron chi connectivity index (χ3n) is 5.18. The second-order valence-electron chi connectivity index (χ2n) is 6.69. The van der Waals surface area contributed by atoms with Crippen LogP contribution >= 0.6 is 11.8 Å². The Hall–Kier alpha value is -2.02. The zero-order chi connectivity index (χ0) is 18.0. The molecule has 1 spiro atoms. The molecule has 1 aromatic carbocycles. The van der Waals surface area contributed by atoms with Crippen LogP contribution in [0.4, 0.5) is 10.5 Å². The summed E-state index contributed by atoms with van der Waals surface area (Å²) in [4.78, 5) is 39.6. The van der Waals surface area contributed by atoms with E-state index in [0.29, 0.717) is 12.1 Å². The van der Waals surface area contributed by atoms with E-state index in [1.165, 1.54) is 11.8 Å². The van der Waals surface area contributed by atoms with Crippen LogP contribution < -0.4 is 10.6 Å². The summed E-state index contributed by atoms with van der Waals surface area (Å²) in [6, 6.07) is 6.98. The molecule has 2 fully saturated rings. The zero-order valence-electron chi connectivity index (χ0n) is 14.5. The molecule has 2 aliphatic rings. The Morgan fingerprint density at radius 1 is 1.36 bits per heavy atom. The van der Waals surface area contributed by atoms with Crippen LogP contribution in [-0.4, -0.2) is 41.1 Å². The van der Waals surface area contributed by atoms with Crippen molar-refractivity contribution in [1.29, 1.82) is 0 Å². The number of rotatable bonds is 4. The smallest absolute Gasteiger partial charge is 0.324 e. The summed E-state index contributed by atoms with van der Waals surface area (Å²) in [5.74, 6) is -0.550. The Labute approximate surface area is 151 Å². The van der Waals surface area contributed by atoms with Gasteiger partial charge in [0, 0.05) is 4.90 Å². The van der Waals surface area contributed by atoms with Gasteiger partial charge in [-0.25, -0.2) is 4.79 Å². The molecule has 1 aliphatic heterocycles. The van der Waals surface area contributed by atoms with Crippen LogP contribution in [0.15, 0.2) is 29.2 Å². The van der Waals surface area contributed by atoms with Crippen LogP contribution in [0.25, 0.3) is 0 Å². The van der Waals surface area contributed by atoms with Gasteiger partial charge >= 0.3 is 6.03 Å². The predicted octanol–water partition coefficient (Wildman–Crippen LogP) is 2.85. The highest BCUT2D eigenvalue weighted by Gasteiger charge is 2.55. The maximum absolute atomic E-state index is 12.9. The molecule has 1 aromatic rings. The van der Waals surface area contributed by atoms with Crippen molar-refractivity contribution >= 4 is 35.3 Å². The number of imide groups is 1. The first-order valence-corrected chi connectivity index (χ1v) is 9.77. The number of nitrogens with zero attached hydrogens (tertiary/aromatic N) is 1. The Kier molecular flexibility index (Phi) is 5.03. The minimum atomic E-state index is -0.827. The van der Waals surface area contributed by atoms with Gasteiger partial charge in [0.1, 0.15) is 12.1 Å². The van der Waals surface area contributed by atoms with Gasteiger partial charge in [0.2, 0.25) is 5.91 Å². The van der Waals surface area contributed by atoms with Gasteiger partial charge in [-0.1, -0.05) is 31.9 Å². The average Bonchev–Trinajstić information content (AvgIpc) is 2.83. The molecule has 1 saturated heterocycles. The molecule has 3 rings (SSSR count). The van der Waals surface area contributed by atoms with Crippen molar-refractivity contribution in [2.75, 3.05) is 18.1 Å². The van der Waals surface area contributed by atoms with Gasteiger partial charge in [0.25, 0.3) is 5.91 Å². The molecule has 0 aromatic heterocycles. The summed E-state index contributed by atoms with van der Waals surface area (Å²) in [5, 5.41) is 5.66. The van der Waals surface area contributed by atoms with Gasteiger partial charge in [-0.15, -0.1) is 11.8 Å². The topological polar surface area (TPSA) is 78.5 Å². The van der Waals surface area contributed by atoms with Crippen molar-refractivity contribution in [3.05, 3.63) is 24.3 Å². The minimum absolute atomic E-state index is 0.0861. The highest BCUT2D eigenvalue weighted by molar-refractivity contribution is 7.98. The Bertz CT molecular complexity index is 709. The van der Waals surface area contributed by atoms with Crippen LogP contribution in [0.2, 0.25) is 0 Å². The van der Waals surface area contributed by atoms with Crippen molar-refractivity contribution in [2.45, 2.75) is 43.0 Å². The molecule has 134 valence electrons. The molecule has 25 heavy (non-hydrogen) atoms. The normalized spacial score (nSPS) is 26.0. The number of carbonyl (C=O) groups is 3. The van der Waals surface area contributed by atoms with Crippen molar-refractivity contribution < 1.29 is 14.4 Å². The average molecular weight is 361 g/mol.